The van der Waals surface area contributed by atoms with Crippen LogP contribution in [0.25, 0.3) is 0 Å². The lowest BCUT2D eigenvalue weighted by molar-refractivity contribution is 0.102. The van der Waals surface area contributed by atoms with Gasteiger partial charge in [0.25, 0.3) is 0 Å². The maximum Gasteiger partial charge on any atom is 0.139 e. The van der Waals surface area contributed by atoms with Crippen molar-refractivity contribution >= 4 is 23.2 Å². The second-order valence-corrected chi connectivity index (χ2v) is 6.38. The lowest BCUT2D eigenvalue weighted by Crippen LogP contribution is -2.36. The molecule has 0 bridgehead atoms. The molecule has 0 fully saturated rings. The van der Waals surface area contributed by atoms with Crippen LogP contribution >= 0.6 is 23.2 Å². The first-order valence-corrected chi connectivity index (χ1v) is 8.40. The molecule has 0 amide bonds. The van der Waals surface area contributed by atoms with E-state index < -0.39 is 6.10 Å². The van der Waals surface area contributed by atoms with Gasteiger partial charge in [0.05, 0.1) is 11.1 Å². The number of aromatic nitrogens is 2. The average molecular weight is 356 g/mol. The summed E-state index contributed by atoms with van der Waals surface area (Å²) in [6, 6.07) is 5.35. The van der Waals surface area contributed by atoms with Crippen LogP contribution in [-0.4, -0.2) is 33.9 Å². The van der Waals surface area contributed by atoms with Gasteiger partial charge in [0.2, 0.25) is 0 Å². The molecule has 1 aromatic carbocycles. The Morgan fingerprint density at radius 1 is 1.43 bits per heavy atom. The summed E-state index contributed by atoms with van der Waals surface area (Å²) in [6.45, 7) is 1.58. The number of aryl methyl sites for hydroxylation is 1. The Bertz CT molecular complexity index is 663. The Hall–Kier alpha value is -1.27. The highest BCUT2D eigenvalue weighted by molar-refractivity contribution is 6.42. The van der Waals surface area contributed by atoms with Gasteiger partial charge < -0.3 is 19.7 Å². The standard InChI is InChI=1S/C16H19Cl2N3O2/c17-12-3-1-5-14(15(12)18)23-10-11(22)9-20-13-4-2-7-21-8-6-19-16(13)21/h1,3,5-6,8,11,13,20,22H,2,4,7,9-10H2. The largest absolute Gasteiger partial charge is 0.489 e. The number of nitrogens with one attached hydrogen (secondary N) is 1. The van der Waals surface area contributed by atoms with Crippen LogP contribution in [0.4, 0.5) is 0 Å². The highest BCUT2D eigenvalue weighted by atomic mass is 35.5. The maximum absolute atomic E-state index is 10.1. The van der Waals surface area contributed by atoms with E-state index in [0.29, 0.717) is 22.3 Å². The molecule has 23 heavy (non-hydrogen) atoms. The normalized spacial score (nSPS) is 18.5. The van der Waals surface area contributed by atoms with E-state index in [1.807, 2.05) is 12.4 Å². The molecule has 1 aliphatic rings. The monoisotopic (exact) mass is 355 g/mol. The van der Waals surface area contributed by atoms with Gasteiger partial charge >= 0.3 is 0 Å². The van der Waals surface area contributed by atoms with Gasteiger partial charge in [-0.15, -0.1) is 0 Å². The fraction of sp³-hybridized carbons (Fsp3) is 0.438. The van der Waals surface area contributed by atoms with Crippen molar-refractivity contribution in [1.82, 2.24) is 14.9 Å². The van der Waals surface area contributed by atoms with E-state index in [4.69, 9.17) is 27.9 Å². The molecule has 2 heterocycles. The molecule has 2 aromatic rings. The topological polar surface area (TPSA) is 59.3 Å². The summed E-state index contributed by atoms with van der Waals surface area (Å²) < 4.78 is 7.70. The van der Waals surface area contributed by atoms with Crippen molar-refractivity contribution in [2.24, 2.45) is 0 Å². The molecule has 5 nitrogen and oxygen atoms in total. The van der Waals surface area contributed by atoms with Crippen LogP contribution in [0.15, 0.2) is 30.6 Å². The lowest BCUT2D eigenvalue weighted by atomic mass is 10.1. The van der Waals surface area contributed by atoms with Gasteiger partial charge in [-0.1, -0.05) is 29.3 Å². The minimum absolute atomic E-state index is 0.147. The first-order valence-electron chi connectivity index (χ1n) is 7.64. The summed E-state index contributed by atoms with van der Waals surface area (Å²) in [6.07, 6.45) is 5.28. The first kappa shape index (κ1) is 16.6. The van der Waals surface area contributed by atoms with Crippen molar-refractivity contribution in [2.45, 2.75) is 31.5 Å². The number of fused-ring (bicyclic) bond motifs is 1. The molecular weight excluding hydrogens is 337 g/mol. The summed E-state index contributed by atoms with van der Waals surface area (Å²) in [4.78, 5) is 4.39. The molecule has 0 aliphatic carbocycles. The molecule has 2 N–H and O–H groups in total. The second-order valence-electron chi connectivity index (χ2n) is 5.60. The average Bonchev–Trinajstić information content (AvgIpc) is 3.03. The highest BCUT2D eigenvalue weighted by Crippen LogP contribution is 2.31. The smallest absolute Gasteiger partial charge is 0.139 e. The summed E-state index contributed by atoms with van der Waals surface area (Å²) in [5.74, 6) is 1.51. The molecule has 0 saturated heterocycles. The van der Waals surface area contributed by atoms with Crippen LogP contribution in [0.2, 0.25) is 10.0 Å². The quantitative estimate of drug-likeness (QED) is 0.835. The number of hydrogen-bond donors (Lipinski definition) is 2. The SMILES string of the molecule is OC(CNC1CCCn2ccnc21)COc1cccc(Cl)c1Cl. The van der Waals surface area contributed by atoms with Gasteiger partial charge in [-0.05, 0) is 25.0 Å². The molecule has 1 aliphatic heterocycles. The van der Waals surface area contributed by atoms with Gasteiger partial charge in [-0.2, -0.15) is 0 Å². The van der Waals surface area contributed by atoms with E-state index in [0.717, 1.165) is 25.2 Å². The summed E-state index contributed by atoms with van der Waals surface area (Å²) >= 11 is 12.0. The van der Waals surface area contributed by atoms with Crippen LogP contribution in [0.1, 0.15) is 24.7 Å². The fourth-order valence-electron chi connectivity index (χ4n) is 2.73. The van der Waals surface area contributed by atoms with E-state index in [9.17, 15) is 5.11 Å². The Morgan fingerprint density at radius 2 is 2.30 bits per heavy atom. The third-order valence-electron chi connectivity index (χ3n) is 3.90. The zero-order valence-corrected chi connectivity index (χ0v) is 14.1. The van der Waals surface area contributed by atoms with Crippen LogP contribution in [0, 0.1) is 0 Å². The zero-order valence-electron chi connectivity index (χ0n) is 12.6. The number of rotatable bonds is 6. The number of benzene rings is 1. The van der Waals surface area contributed by atoms with E-state index in [2.05, 4.69) is 14.9 Å². The Kier molecular flexibility index (Phi) is 5.43. The van der Waals surface area contributed by atoms with Crippen molar-refractivity contribution in [3.8, 4) is 5.75 Å². The molecule has 0 spiro atoms. The molecule has 1 aromatic heterocycles. The van der Waals surface area contributed by atoms with Crippen molar-refractivity contribution in [3.63, 3.8) is 0 Å². The van der Waals surface area contributed by atoms with Crippen LogP contribution in [0.5, 0.6) is 5.75 Å². The van der Waals surface area contributed by atoms with E-state index >= 15 is 0 Å². The molecule has 2 unspecified atom stereocenters. The summed E-state index contributed by atoms with van der Waals surface area (Å²) in [5, 5.41) is 14.3. The van der Waals surface area contributed by atoms with Crippen LogP contribution < -0.4 is 10.1 Å². The Balaban J connectivity index is 1.49. The van der Waals surface area contributed by atoms with E-state index in [1.165, 1.54) is 0 Å². The van der Waals surface area contributed by atoms with Gasteiger partial charge in [0.15, 0.2) is 0 Å². The number of aliphatic hydroxyl groups is 1. The number of aliphatic hydroxyl groups excluding tert-OH is 1. The van der Waals surface area contributed by atoms with E-state index in [1.54, 1.807) is 18.2 Å². The van der Waals surface area contributed by atoms with Crippen LogP contribution in [0.3, 0.4) is 0 Å². The molecule has 2 atom stereocenters. The number of halogens is 2. The van der Waals surface area contributed by atoms with Gasteiger partial charge in [0.1, 0.15) is 29.3 Å². The van der Waals surface area contributed by atoms with Crippen molar-refractivity contribution in [2.75, 3.05) is 13.2 Å². The van der Waals surface area contributed by atoms with Gasteiger partial charge in [-0.3, -0.25) is 0 Å². The van der Waals surface area contributed by atoms with Gasteiger partial charge in [-0.25, -0.2) is 4.98 Å². The molecule has 3 rings (SSSR count). The number of nitrogens with zero attached hydrogens (tertiary/aromatic N) is 2. The minimum Gasteiger partial charge on any atom is -0.489 e. The third kappa shape index (κ3) is 3.98. The summed E-state index contributed by atoms with van der Waals surface area (Å²) in [5.41, 5.74) is 0. The minimum atomic E-state index is -0.643. The number of ether oxygens (including phenoxy) is 1. The first-order chi connectivity index (χ1) is 11.1. The lowest BCUT2D eigenvalue weighted by Gasteiger charge is -2.25. The highest BCUT2D eigenvalue weighted by Gasteiger charge is 2.21. The molecule has 7 heteroatoms. The number of imidazole rings is 1. The van der Waals surface area contributed by atoms with E-state index in [-0.39, 0.29) is 12.6 Å². The Labute approximate surface area is 145 Å². The predicted octanol–water partition coefficient (Wildman–Crippen LogP) is 3.05. The zero-order chi connectivity index (χ0) is 16.2. The number of hydrogen-bond acceptors (Lipinski definition) is 4. The van der Waals surface area contributed by atoms with Crippen molar-refractivity contribution < 1.29 is 9.84 Å². The molecule has 0 saturated carbocycles. The predicted molar refractivity (Wildman–Crippen MR) is 90.2 cm³/mol. The molecule has 0 radical (unpaired) electrons. The Morgan fingerprint density at radius 3 is 3.17 bits per heavy atom. The van der Waals surface area contributed by atoms with Crippen molar-refractivity contribution in [3.05, 3.63) is 46.5 Å². The third-order valence-corrected chi connectivity index (χ3v) is 4.70. The fourth-order valence-corrected chi connectivity index (χ4v) is 3.07. The van der Waals surface area contributed by atoms with Gasteiger partial charge in [0, 0.05) is 25.5 Å². The molecular formula is C16H19Cl2N3O2. The molecule has 124 valence electrons. The van der Waals surface area contributed by atoms with Crippen molar-refractivity contribution in [1.29, 1.82) is 0 Å². The second kappa shape index (κ2) is 7.53. The summed E-state index contributed by atoms with van der Waals surface area (Å²) in [7, 11) is 0. The van der Waals surface area contributed by atoms with Crippen LogP contribution in [-0.2, 0) is 6.54 Å². The maximum atomic E-state index is 10.1.